The third-order valence-electron chi connectivity index (χ3n) is 3.51. The molecule has 21 heavy (non-hydrogen) atoms. The Bertz CT molecular complexity index is 646. The second kappa shape index (κ2) is 5.45. The molecule has 1 fully saturated rings. The van der Waals surface area contributed by atoms with Crippen LogP contribution >= 0.6 is 11.6 Å². The quantitative estimate of drug-likeness (QED) is 0.726. The van der Waals surface area contributed by atoms with Crippen molar-refractivity contribution in [3.05, 3.63) is 29.3 Å². The number of rotatable bonds is 3. The highest BCUT2D eigenvalue weighted by molar-refractivity contribution is 7.92. The number of aliphatic hydroxyl groups excluding tert-OH is 1. The largest absolute Gasteiger partial charge is 0.465 e. The van der Waals surface area contributed by atoms with Crippen molar-refractivity contribution in [3.8, 4) is 0 Å². The van der Waals surface area contributed by atoms with E-state index in [-0.39, 0.29) is 4.90 Å². The highest BCUT2D eigenvalue weighted by atomic mass is 35.5. The van der Waals surface area contributed by atoms with Crippen LogP contribution in [0.3, 0.4) is 0 Å². The monoisotopic (exact) mass is 335 g/mol. The molecule has 0 radical (unpaired) electrons. The molecule has 1 saturated heterocycles. The van der Waals surface area contributed by atoms with Crippen LogP contribution in [0.15, 0.2) is 29.2 Å². The average Bonchev–Trinajstić information content (AvgIpc) is 2.79. The molecule has 1 heterocycles. The molecular formula is C12H14ClNO6S. The first-order valence-corrected chi connectivity index (χ1v) is 7.94. The smallest absolute Gasteiger partial charge is 0.407 e. The molecule has 9 heteroatoms. The lowest BCUT2D eigenvalue weighted by Gasteiger charge is -2.26. The van der Waals surface area contributed by atoms with Gasteiger partial charge in [0, 0.05) is 11.6 Å². The first-order valence-electron chi connectivity index (χ1n) is 6.01. The molecule has 1 aromatic carbocycles. The Balaban J connectivity index is 2.42. The number of sulfone groups is 1. The highest BCUT2D eigenvalue weighted by Gasteiger charge is 2.53. The maximum Gasteiger partial charge on any atom is 0.407 e. The average molecular weight is 336 g/mol. The maximum absolute atomic E-state index is 12.6. The summed E-state index contributed by atoms with van der Waals surface area (Å²) in [5.41, 5.74) is -2.03. The predicted octanol–water partition coefficient (Wildman–Crippen LogP) is 0.199. The minimum atomic E-state index is -4.02. The third-order valence-corrected chi connectivity index (χ3v) is 6.03. The second-order valence-electron chi connectivity index (χ2n) is 4.91. The van der Waals surface area contributed by atoms with Crippen molar-refractivity contribution in [3.63, 3.8) is 0 Å². The molecule has 2 atom stereocenters. The van der Waals surface area contributed by atoms with Gasteiger partial charge in [-0.1, -0.05) is 11.6 Å². The molecule has 0 aromatic heterocycles. The summed E-state index contributed by atoms with van der Waals surface area (Å²) in [7, 11) is -4.02. The number of hydrogen-bond acceptors (Lipinski definition) is 5. The zero-order valence-electron chi connectivity index (χ0n) is 10.8. The van der Waals surface area contributed by atoms with Crippen LogP contribution < -0.4 is 0 Å². The number of carboxylic acid groups (broad SMARTS) is 1. The van der Waals surface area contributed by atoms with Crippen molar-refractivity contribution in [2.75, 3.05) is 19.7 Å². The van der Waals surface area contributed by atoms with Crippen molar-refractivity contribution in [2.45, 2.75) is 15.7 Å². The van der Waals surface area contributed by atoms with Crippen molar-refractivity contribution < 1.29 is 28.5 Å². The first-order chi connectivity index (χ1) is 9.70. The standard InChI is InChI=1S/C12H14ClNO6S/c13-8-1-3-9(4-2-8)21(19,20)10-5-14(11(16)17)6-12(10,18)7-15/h1-4,10,15,18H,5-7H2,(H,16,17)/t10-,12-/m0/s1. The summed E-state index contributed by atoms with van der Waals surface area (Å²) in [5.74, 6) is 0. The van der Waals surface area contributed by atoms with Crippen molar-refractivity contribution >= 4 is 27.5 Å². The number of hydrogen-bond donors (Lipinski definition) is 3. The zero-order chi connectivity index (χ0) is 15.8. The summed E-state index contributed by atoms with van der Waals surface area (Å²) in [4.78, 5) is 11.7. The van der Waals surface area contributed by atoms with E-state index in [9.17, 15) is 23.4 Å². The Labute approximate surface area is 126 Å². The van der Waals surface area contributed by atoms with Gasteiger partial charge in [0.1, 0.15) is 10.9 Å². The van der Waals surface area contributed by atoms with Crippen LogP contribution in [-0.2, 0) is 9.84 Å². The number of benzene rings is 1. The van der Waals surface area contributed by atoms with Gasteiger partial charge in [0.15, 0.2) is 9.84 Å². The lowest BCUT2D eigenvalue weighted by atomic mass is 10.1. The number of nitrogens with zero attached hydrogens (tertiary/aromatic N) is 1. The molecule has 3 N–H and O–H groups in total. The summed E-state index contributed by atoms with van der Waals surface area (Å²) in [5, 5.41) is 27.4. The van der Waals surface area contributed by atoms with E-state index in [2.05, 4.69) is 0 Å². The third kappa shape index (κ3) is 2.84. The van der Waals surface area contributed by atoms with Crippen molar-refractivity contribution in [1.29, 1.82) is 0 Å². The van der Waals surface area contributed by atoms with Gasteiger partial charge in [-0.25, -0.2) is 13.2 Å². The molecule has 1 aromatic rings. The Hall–Kier alpha value is -1.35. The van der Waals surface area contributed by atoms with Crippen LogP contribution in [0.5, 0.6) is 0 Å². The zero-order valence-corrected chi connectivity index (χ0v) is 12.4. The van der Waals surface area contributed by atoms with Gasteiger partial charge in [0.2, 0.25) is 0 Å². The number of likely N-dealkylation sites (tertiary alicyclic amines) is 1. The van der Waals surface area contributed by atoms with Crippen LogP contribution in [0.25, 0.3) is 0 Å². The predicted molar refractivity (Wildman–Crippen MR) is 74.1 cm³/mol. The van der Waals surface area contributed by atoms with Gasteiger partial charge < -0.3 is 20.2 Å². The SMILES string of the molecule is O=C(O)N1C[C@H](S(=O)(=O)c2ccc(Cl)cc2)[C@@](O)(CO)C1. The summed E-state index contributed by atoms with van der Waals surface area (Å²) in [6.07, 6.45) is -1.35. The maximum atomic E-state index is 12.6. The van der Waals surface area contributed by atoms with Gasteiger partial charge in [-0.3, -0.25) is 0 Å². The normalized spacial score (nSPS) is 26.0. The van der Waals surface area contributed by atoms with Crippen LogP contribution in [-0.4, -0.2) is 65.3 Å². The summed E-state index contributed by atoms with van der Waals surface area (Å²) >= 11 is 5.70. The Morgan fingerprint density at radius 3 is 2.43 bits per heavy atom. The molecule has 116 valence electrons. The second-order valence-corrected chi connectivity index (χ2v) is 7.48. The molecule has 1 aliphatic rings. The number of halogens is 1. The topological polar surface area (TPSA) is 115 Å². The first kappa shape index (κ1) is 16.0. The van der Waals surface area contributed by atoms with Crippen LogP contribution in [0.1, 0.15) is 0 Å². The van der Waals surface area contributed by atoms with E-state index in [1.54, 1.807) is 0 Å². The van der Waals surface area contributed by atoms with Gasteiger partial charge in [-0.05, 0) is 24.3 Å². The molecule has 0 saturated carbocycles. The Morgan fingerprint density at radius 2 is 1.95 bits per heavy atom. The number of β-amino-alcohol motifs (C(OH)–C–C–N with tert-alkyl or cyclic N) is 1. The van der Waals surface area contributed by atoms with E-state index in [1.807, 2.05) is 0 Å². The van der Waals surface area contributed by atoms with Crippen LogP contribution in [0.4, 0.5) is 4.79 Å². The molecule has 0 bridgehead atoms. The van der Waals surface area contributed by atoms with Gasteiger partial charge in [-0.15, -0.1) is 0 Å². The summed E-state index contributed by atoms with van der Waals surface area (Å²) < 4.78 is 25.1. The molecular weight excluding hydrogens is 322 g/mol. The van der Waals surface area contributed by atoms with E-state index >= 15 is 0 Å². The lowest BCUT2D eigenvalue weighted by Crippen LogP contribution is -2.49. The van der Waals surface area contributed by atoms with Crippen molar-refractivity contribution in [1.82, 2.24) is 4.90 Å². The number of amides is 1. The Morgan fingerprint density at radius 1 is 1.38 bits per heavy atom. The van der Waals surface area contributed by atoms with E-state index < -0.39 is 46.5 Å². The Kier molecular flexibility index (Phi) is 4.16. The molecule has 0 aliphatic carbocycles. The minimum Gasteiger partial charge on any atom is -0.465 e. The fraction of sp³-hybridized carbons (Fsp3) is 0.417. The molecule has 0 spiro atoms. The van der Waals surface area contributed by atoms with Gasteiger partial charge >= 0.3 is 6.09 Å². The van der Waals surface area contributed by atoms with Gasteiger partial charge in [0.05, 0.1) is 18.0 Å². The van der Waals surface area contributed by atoms with Gasteiger partial charge in [0.25, 0.3) is 0 Å². The minimum absolute atomic E-state index is 0.0870. The highest BCUT2D eigenvalue weighted by Crippen LogP contribution is 2.31. The lowest BCUT2D eigenvalue weighted by molar-refractivity contribution is -0.00218. The molecule has 1 aliphatic heterocycles. The molecule has 0 unspecified atom stereocenters. The fourth-order valence-electron chi connectivity index (χ4n) is 2.34. The van der Waals surface area contributed by atoms with Gasteiger partial charge in [-0.2, -0.15) is 0 Å². The summed E-state index contributed by atoms with van der Waals surface area (Å²) in [6, 6.07) is 5.32. The summed E-state index contributed by atoms with van der Waals surface area (Å²) in [6.45, 7) is -1.72. The van der Waals surface area contributed by atoms with Crippen LogP contribution in [0, 0.1) is 0 Å². The van der Waals surface area contributed by atoms with E-state index in [0.717, 1.165) is 4.90 Å². The molecule has 2 rings (SSSR count). The van der Waals surface area contributed by atoms with Crippen molar-refractivity contribution in [2.24, 2.45) is 0 Å². The molecule has 1 amide bonds. The van der Waals surface area contributed by atoms with Crippen LogP contribution in [0.2, 0.25) is 5.02 Å². The van der Waals surface area contributed by atoms with E-state index in [0.29, 0.717) is 5.02 Å². The van der Waals surface area contributed by atoms with E-state index in [4.69, 9.17) is 16.7 Å². The number of aliphatic hydroxyl groups is 2. The fourth-order valence-corrected chi connectivity index (χ4v) is 4.41. The molecule has 7 nitrogen and oxygen atoms in total. The number of carbonyl (C=O) groups is 1. The van der Waals surface area contributed by atoms with E-state index in [1.165, 1.54) is 24.3 Å².